The molecule has 2 heteroatoms. The lowest BCUT2D eigenvalue weighted by molar-refractivity contribution is -0.122. The predicted octanol–water partition coefficient (Wildman–Crippen LogP) is 3.47. The van der Waals surface area contributed by atoms with Crippen LogP contribution in [0.1, 0.15) is 23.6 Å². The van der Waals surface area contributed by atoms with Crippen LogP contribution in [-0.2, 0) is 16.6 Å². The zero-order valence-corrected chi connectivity index (χ0v) is 12.2. The number of aryl methyl sites for hydroxylation is 1. The Bertz CT molecular complexity index is 677. The number of amides is 1. The Morgan fingerprint density at radius 2 is 1.85 bits per heavy atom. The van der Waals surface area contributed by atoms with Gasteiger partial charge in [0.15, 0.2) is 0 Å². The van der Waals surface area contributed by atoms with Gasteiger partial charge in [-0.15, -0.1) is 0 Å². The summed E-state index contributed by atoms with van der Waals surface area (Å²) in [6, 6.07) is 16.5. The van der Waals surface area contributed by atoms with Gasteiger partial charge in [0, 0.05) is 12.7 Å². The van der Waals surface area contributed by atoms with Crippen molar-refractivity contribution in [3.8, 4) is 0 Å². The van der Waals surface area contributed by atoms with Crippen molar-refractivity contribution in [3.63, 3.8) is 0 Å². The summed E-state index contributed by atoms with van der Waals surface area (Å²) >= 11 is 0. The fourth-order valence-corrected chi connectivity index (χ4v) is 3.23. The van der Waals surface area contributed by atoms with Crippen molar-refractivity contribution in [3.05, 3.63) is 65.2 Å². The molecule has 0 aliphatic carbocycles. The number of nitrogens with zero attached hydrogens (tertiary/aromatic N) is 1. The van der Waals surface area contributed by atoms with Gasteiger partial charge in [0.2, 0.25) is 5.91 Å². The van der Waals surface area contributed by atoms with Crippen molar-refractivity contribution in [1.82, 2.24) is 0 Å². The van der Waals surface area contributed by atoms with Crippen LogP contribution in [0.15, 0.2) is 48.5 Å². The molecule has 3 rings (SSSR count). The van der Waals surface area contributed by atoms with Gasteiger partial charge < -0.3 is 4.90 Å². The largest absolute Gasteiger partial charge is 0.314 e. The zero-order chi connectivity index (χ0) is 14.3. The minimum Gasteiger partial charge on any atom is -0.314 e. The van der Waals surface area contributed by atoms with Crippen LogP contribution < -0.4 is 4.90 Å². The van der Waals surface area contributed by atoms with Gasteiger partial charge in [-0.05, 0) is 37.5 Å². The van der Waals surface area contributed by atoms with Crippen molar-refractivity contribution in [2.24, 2.45) is 0 Å². The van der Waals surface area contributed by atoms with E-state index in [2.05, 4.69) is 44.2 Å². The highest BCUT2D eigenvalue weighted by molar-refractivity contribution is 6.07. The predicted molar refractivity (Wildman–Crippen MR) is 82.1 cm³/mol. The molecule has 2 nitrogen and oxygen atoms in total. The number of anilines is 1. The Morgan fingerprint density at radius 1 is 1.10 bits per heavy atom. The molecular formula is C18H19NO. The monoisotopic (exact) mass is 265 g/mol. The smallest absolute Gasteiger partial charge is 0.237 e. The lowest BCUT2D eigenvalue weighted by Crippen LogP contribution is -2.37. The van der Waals surface area contributed by atoms with Crippen LogP contribution in [0.4, 0.5) is 5.69 Å². The van der Waals surface area contributed by atoms with Gasteiger partial charge >= 0.3 is 0 Å². The van der Waals surface area contributed by atoms with E-state index < -0.39 is 5.41 Å². The third-order valence-corrected chi connectivity index (χ3v) is 4.28. The van der Waals surface area contributed by atoms with Crippen molar-refractivity contribution >= 4 is 11.6 Å². The molecule has 0 N–H and O–H groups in total. The molecule has 1 atom stereocenters. The summed E-state index contributed by atoms with van der Waals surface area (Å²) in [6.07, 6.45) is 0.745. The maximum absolute atomic E-state index is 12.7. The lowest BCUT2D eigenvalue weighted by atomic mass is 9.78. The molecule has 0 bridgehead atoms. The Morgan fingerprint density at radius 3 is 2.60 bits per heavy atom. The number of carbonyl (C=O) groups excluding carboxylic acids is 1. The molecule has 0 fully saturated rings. The molecule has 102 valence electrons. The third-order valence-electron chi connectivity index (χ3n) is 4.28. The van der Waals surface area contributed by atoms with Gasteiger partial charge in [0.05, 0.1) is 5.41 Å². The molecule has 1 amide bonds. The minimum atomic E-state index is -0.459. The molecule has 2 aromatic rings. The number of carbonyl (C=O) groups is 1. The summed E-state index contributed by atoms with van der Waals surface area (Å²) < 4.78 is 0. The van der Waals surface area contributed by atoms with Gasteiger partial charge in [-0.2, -0.15) is 0 Å². The van der Waals surface area contributed by atoms with E-state index in [1.807, 2.05) is 25.2 Å². The van der Waals surface area contributed by atoms with Gasteiger partial charge in [0.25, 0.3) is 0 Å². The fraction of sp³-hybridized carbons (Fsp3) is 0.278. The van der Waals surface area contributed by atoms with Crippen LogP contribution >= 0.6 is 0 Å². The van der Waals surface area contributed by atoms with Crippen molar-refractivity contribution in [1.29, 1.82) is 0 Å². The highest BCUT2D eigenvalue weighted by atomic mass is 16.2. The summed E-state index contributed by atoms with van der Waals surface area (Å²) in [5.41, 5.74) is 4.16. The summed E-state index contributed by atoms with van der Waals surface area (Å²) in [5.74, 6) is 0.181. The number of para-hydroxylation sites is 1. The Kier molecular flexibility index (Phi) is 2.89. The van der Waals surface area contributed by atoms with Crippen LogP contribution in [0.2, 0.25) is 0 Å². The first-order valence-corrected chi connectivity index (χ1v) is 6.95. The molecule has 0 radical (unpaired) electrons. The summed E-state index contributed by atoms with van der Waals surface area (Å²) in [5, 5.41) is 0. The lowest BCUT2D eigenvalue weighted by Gasteiger charge is -2.23. The third kappa shape index (κ3) is 1.83. The highest BCUT2D eigenvalue weighted by Gasteiger charge is 2.45. The van der Waals surface area contributed by atoms with E-state index in [-0.39, 0.29) is 5.91 Å². The second kappa shape index (κ2) is 4.48. The Balaban J connectivity index is 2.05. The molecule has 1 aliphatic rings. The molecule has 0 saturated heterocycles. The normalized spacial score (nSPS) is 21.1. The molecule has 20 heavy (non-hydrogen) atoms. The average Bonchev–Trinajstić information content (AvgIpc) is 2.62. The number of rotatable bonds is 2. The Hall–Kier alpha value is -2.09. The van der Waals surface area contributed by atoms with Crippen molar-refractivity contribution < 1.29 is 4.79 Å². The number of hydrogen-bond donors (Lipinski definition) is 0. The number of fused-ring (bicyclic) bond motifs is 1. The minimum absolute atomic E-state index is 0.181. The first-order valence-electron chi connectivity index (χ1n) is 6.95. The van der Waals surface area contributed by atoms with Crippen LogP contribution in [0, 0.1) is 6.92 Å². The maximum Gasteiger partial charge on any atom is 0.237 e. The van der Waals surface area contributed by atoms with E-state index in [0.717, 1.165) is 17.7 Å². The highest BCUT2D eigenvalue weighted by Crippen LogP contribution is 2.42. The first-order chi connectivity index (χ1) is 9.52. The second-order valence-corrected chi connectivity index (χ2v) is 5.88. The van der Waals surface area contributed by atoms with Crippen molar-refractivity contribution in [2.75, 3.05) is 11.9 Å². The van der Waals surface area contributed by atoms with Crippen molar-refractivity contribution in [2.45, 2.75) is 25.7 Å². The summed E-state index contributed by atoms with van der Waals surface area (Å²) in [6.45, 7) is 4.14. The topological polar surface area (TPSA) is 20.3 Å². The maximum atomic E-state index is 12.7. The van der Waals surface area contributed by atoms with Crippen LogP contribution in [0.3, 0.4) is 0 Å². The van der Waals surface area contributed by atoms with Gasteiger partial charge in [-0.25, -0.2) is 0 Å². The summed E-state index contributed by atoms with van der Waals surface area (Å²) in [4.78, 5) is 14.5. The van der Waals surface area contributed by atoms with Gasteiger partial charge in [0.1, 0.15) is 0 Å². The van der Waals surface area contributed by atoms with E-state index in [1.54, 1.807) is 4.90 Å². The second-order valence-electron chi connectivity index (χ2n) is 5.88. The summed E-state index contributed by atoms with van der Waals surface area (Å²) in [7, 11) is 1.86. The first kappa shape index (κ1) is 12.9. The van der Waals surface area contributed by atoms with Crippen LogP contribution in [0.5, 0.6) is 0 Å². The quantitative estimate of drug-likeness (QED) is 0.814. The zero-order valence-electron chi connectivity index (χ0n) is 12.2. The van der Waals surface area contributed by atoms with Crippen LogP contribution in [0.25, 0.3) is 0 Å². The van der Waals surface area contributed by atoms with E-state index in [9.17, 15) is 4.79 Å². The number of hydrogen-bond acceptors (Lipinski definition) is 1. The van der Waals surface area contributed by atoms with E-state index >= 15 is 0 Å². The Labute approximate surface area is 120 Å². The molecule has 1 heterocycles. The average molecular weight is 265 g/mol. The molecule has 0 aromatic heterocycles. The SMILES string of the molecule is Cc1cccc(C[C@@]2(C)C(=O)N(C)c3ccccc32)c1. The molecule has 2 aromatic carbocycles. The molecule has 1 aliphatic heterocycles. The van der Waals surface area contributed by atoms with Gasteiger partial charge in [-0.3, -0.25) is 4.79 Å². The molecule has 0 unspecified atom stereocenters. The van der Waals surface area contributed by atoms with Gasteiger partial charge in [-0.1, -0.05) is 48.0 Å². The molecule has 0 saturated carbocycles. The molecule has 0 spiro atoms. The number of likely N-dealkylation sites (N-methyl/N-ethyl adjacent to an activating group) is 1. The fourth-order valence-electron chi connectivity index (χ4n) is 3.23. The van der Waals surface area contributed by atoms with E-state index in [1.165, 1.54) is 11.1 Å². The standard InChI is InChI=1S/C18H19NO/c1-13-7-6-8-14(11-13)12-18(2)15-9-4-5-10-16(15)19(3)17(18)20/h4-11H,12H2,1-3H3/t18-/m1/s1. The van der Waals surface area contributed by atoms with E-state index in [4.69, 9.17) is 0 Å². The van der Waals surface area contributed by atoms with Crippen LogP contribution in [-0.4, -0.2) is 13.0 Å². The van der Waals surface area contributed by atoms with E-state index in [0.29, 0.717) is 0 Å². The molecular weight excluding hydrogens is 246 g/mol. The number of benzene rings is 2.